The number of nitrogens with zero attached hydrogens (tertiary/aromatic N) is 1. The van der Waals surface area contributed by atoms with Crippen LogP contribution >= 0.6 is 11.3 Å². The predicted octanol–water partition coefficient (Wildman–Crippen LogP) is 3.73. The number of benzene rings is 2. The number of carbonyl (C=O) groups excluding carboxylic acids is 1. The first-order valence-electron chi connectivity index (χ1n) is 7.50. The maximum absolute atomic E-state index is 12.6. The first kappa shape index (κ1) is 16.6. The van der Waals surface area contributed by atoms with Gasteiger partial charge in [0.25, 0.3) is 5.91 Å². The molecule has 0 unspecified atom stereocenters. The van der Waals surface area contributed by atoms with Gasteiger partial charge in [0, 0.05) is 0 Å². The Morgan fingerprint density at radius 1 is 1.12 bits per heavy atom. The molecule has 1 aromatic heterocycles. The summed E-state index contributed by atoms with van der Waals surface area (Å²) in [7, 11) is -3.48. The highest BCUT2D eigenvalue weighted by molar-refractivity contribution is 7.91. The van der Waals surface area contributed by atoms with E-state index in [1.807, 2.05) is 24.3 Å². The molecule has 124 valence electrons. The molecule has 1 N–H and O–H groups in total. The Morgan fingerprint density at radius 3 is 2.58 bits per heavy atom. The van der Waals surface area contributed by atoms with Crippen LogP contribution in [0, 0.1) is 0 Å². The van der Waals surface area contributed by atoms with Crippen LogP contribution in [0.1, 0.15) is 23.7 Å². The van der Waals surface area contributed by atoms with E-state index in [9.17, 15) is 13.2 Å². The Hall–Kier alpha value is -2.25. The lowest BCUT2D eigenvalue weighted by Crippen LogP contribution is -2.17. The third-order valence-electron chi connectivity index (χ3n) is 3.45. The quantitative estimate of drug-likeness (QED) is 0.752. The predicted molar refractivity (Wildman–Crippen MR) is 96.4 cm³/mol. The molecule has 0 aliphatic rings. The molecule has 0 saturated heterocycles. The Morgan fingerprint density at radius 2 is 1.83 bits per heavy atom. The minimum atomic E-state index is -3.48. The van der Waals surface area contributed by atoms with Crippen molar-refractivity contribution >= 4 is 42.4 Å². The number of nitrogens with one attached hydrogen (secondary N) is 1. The van der Waals surface area contributed by atoms with E-state index in [1.165, 1.54) is 23.5 Å². The molecule has 0 fully saturated rings. The van der Waals surface area contributed by atoms with Crippen LogP contribution in [-0.4, -0.2) is 25.1 Å². The van der Waals surface area contributed by atoms with Gasteiger partial charge in [-0.25, -0.2) is 13.4 Å². The van der Waals surface area contributed by atoms with Gasteiger partial charge in [-0.15, -0.1) is 0 Å². The standard InChI is InChI=1S/C17H16N2O3S2/c1-2-11-24(21,22)15-10-6-3-7-12(15)16(20)19-17-18-13-8-4-5-9-14(13)23-17/h3-10H,2,11H2,1H3,(H,18,19,20). The molecular formula is C17H16N2O3S2. The number of hydrogen-bond acceptors (Lipinski definition) is 5. The molecule has 24 heavy (non-hydrogen) atoms. The van der Waals surface area contributed by atoms with Crippen LogP contribution < -0.4 is 5.32 Å². The zero-order chi connectivity index (χ0) is 17.2. The smallest absolute Gasteiger partial charge is 0.258 e. The molecule has 0 saturated carbocycles. The Bertz CT molecular complexity index is 961. The molecule has 2 aromatic carbocycles. The lowest BCUT2D eigenvalue weighted by atomic mass is 10.2. The molecule has 0 bridgehead atoms. The second-order valence-electron chi connectivity index (χ2n) is 5.26. The molecule has 0 aliphatic carbocycles. The van der Waals surface area contributed by atoms with Crippen molar-refractivity contribution in [3.8, 4) is 0 Å². The van der Waals surface area contributed by atoms with Gasteiger partial charge in [0.2, 0.25) is 0 Å². The summed E-state index contributed by atoms with van der Waals surface area (Å²) < 4.78 is 25.7. The van der Waals surface area contributed by atoms with Crippen LogP contribution in [-0.2, 0) is 9.84 Å². The van der Waals surface area contributed by atoms with Gasteiger partial charge in [-0.1, -0.05) is 42.5 Å². The number of anilines is 1. The summed E-state index contributed by atoms with van der Waals surface area (Å²) in [5.74, 6) is -0.456. The molecule has 1 amide bonds. The fourth-order valence-corrected chi connectivity index (χ4v) is 4.79. The summed E-state index contributed by atoms with van der Waals surface area (Å²) in [6, 6.07) is 13.8. The van der Waals surface area contributed by atoms with E-state index in [1.54, 1.807) is 19.1 Å². The fourth-order valence-electron chi connectivity index (χ4n) is 2.39. The minimum Gasteiger partial charge on any atom is -0.298 e. The van der Waals surface area contributed by atoms with Crippen LogP contribution in [0.25, 0.3) is 10.2 Å². The molecule has 5 nitrogen and oxygen atoms in total. The molecule has 0 radical (unpaired) electrons. The summed E-state index contributed by atoms with van der Waals surface area (Å²) >= 11 is 1.35. The van der Waals surface area contributed by atoms with Crippen LogP contribution in [0.2, 0.25) is 0 Å². The second-order valence-corrected chi connectivity index (χ2v) is 8.36. The number of rotatable bonds is 5. The lowest BCUT2D eigenvalue weighted by Gasteiger charge is -2.09. The highest BCUT2D eigenvalue weighted by Gasteiger charge is 2.22. The number of para-hydroxylation sites is 1. The molecule has 3 aromatic rings. The lowest BCUT2D eigenvalue weighted by molar-refractivity contribution is 0.102. The second kappa shape index (κ2) is 6.70. The van der Waals surface area contributed by atoms with Gasteiger partial charge in [-0.05, 0) is 30.7 Å². The van der Waals surface area contributed by atoms with Gasteiger partial charge in [0.1, 0.15) is 0 Å². The summed E-state index contributed by atoms with van der Waals surface area (Å²) in [4.78, 5) is 17.0. The third-order valence-corrected chi connectivity index (χ3v) is 6.38. The van der Waals surface area contributed by atoms with Gasteiger partial charge >= 0.3 is 0 Å². The highest BCUT2D eigenvalue weighted by atomic mass is 32.2. The number of thiazole rings is 1. The zero-order valence-electron chi connectivity index (χ0n) is 13.0. The average Bonchev–Trinajstić information content (AvgIpc) is 2.97. The van der Waals surface area contributed by atoms with Crippen molar-refractivity contribution in [3.05, 3.63) is 54.1 Å². The van der Waals surface area contributed by atoms with E-state index >= 15 is 0 Å². The third kappa shape index (κ3) is 3.32. The van der Waals surface area contributed by atoms with Gasteiger partial charge in [-0.3, -0.25) is 10.1 Å². The van der Waals surface area contributed by atoms with Crippen LogP contribution in [0.15, 0.2) is 53.4 Å². The molecular weight excluding hydrogens is 344 g/mol. The van der Waals surface area contributed by atoms with Crippen molar-refractivity contribution in [2.45, 2.75) is 18.2 Å². The monoisotopic (exact) mass is 360 g/mol. The fraction of sp³-hybridized carbons (Fsp3) is 0.176. The Labute approximate surface area is 144 Å². The molecule has 0 atom stereocenters. The molecule has 0 spiro atoms. The Kier molecular flexibility index (Phi) is 4.64. The minimum absolute atomic E-state index is 0.0123. The van der Waals surface area contributed by atoms with Gasteiger partial charge in [0.15, 0.2) is 15.0 Å². The van der Waals surface area contributed by atoms with E-state index in [2.05, 4.69) is 10.3 Å². The number of carbonyl (C=O) groups is 1. The van der Waals surface area contributed by atoms with E-state index < -0.39 is 15.7 Å². The number of hydrogen-bond donors (Lipinski definition) is 1. The van der Waals surface area contributed by atoms with E-state index in [0.29, 0.717) is 11.6 Å². The van der Waals surface area contributed by atoms with Gasteiger partial charge < -0.3 is 0 Å². The van der Waals surface area contributed by atoms with Gasteiger partial charge in [0.05, 0.1) is 26.4 Å². The zero-order valence-corrected chi connectivity index (χ0v) is 14.7. The topological polar surface area (TPSA) is 76.1 Å². The summed E-state index contributed by atoms with van der Waals surface area (Å²) in [6.07, 6.45) is 0.496. The van der Waals surface area contributed by atoms with Crippen molar-refractivity contribution in [1.82, 2.24) is 4.98 Å². The number of sulfone groups is 1. The summed E-state index contributed by atoms with van der Waals surface area (Å²) in [5.41, 5.74) is 0.940. The van der Waals surface area contributed by atoms with Crippen molar-refractivity contribution in [1.29, 1.82) is 0 Å². The van der Waals surface area contributed by atoms with Crippen molar-refractivity contribution < 1.29 is 13.2 Å². The number of fused-ring (bicyclic) bond motifs is 1. The van der Waals surface area contributed by atoms with Crippen molar-refractivity contribution in [3.63, 3.8) is 0 Å². The SMILES string of the molecule is CCCS(=O)(=O)c1ccccc1C(=O)Nc1nc2ccccc2s1. The maximum atomic E-state index is 12.6. The normalized spacial score (nSPS) is 11.5. The molecule has 0 aliphatic heterocycles. The number of aromatic nitrogens is 1. The molecule has 3 rings (SSSR count). The van der Waals surface area contributed by atoms with E-state index in [0.717, 1.165) is 10.2 Å². The van der Waals surface area contributed by atoms with Crippen molar-refractivity contribution in [2.75, 3.05) is 11.1 Å². The first-order valence-corrected chi connectivity index (χ1v) is 9.97. The summed E-state index contributed by atoms with van der Waals surface area (Å²) in [5, 5.41) is 3.15. The van der Waals surface area contributed by atoms with E-state index in [-0.39, 0.29) is 16.2 Å². The molecule has 7 heteroatoms. The average molecular weight is 360 g/mol. The van der Waals surface area contributed by atoms with E-state index in [4.69, 9.17) is 0 Å². The van der Waals surface area contributed by atoms with Crippen LogP contribution in [0.4, 0.5) is 5.13 Å². The first-order chi connectivity index (χ1) is 11.5. The maximum Gasteiger partial charge on any atom is 0.258 e. The van der Waals surface area contributed by atoms with Crippen LogP contribution in [0.5, 0.6) is 0 Å². The van der Waals surface area contributed by atoms with Crippen molar-refractivity contribution in [2.24, 2.45) is 0 Å². The molecule has 1 heterocycles. The highest BCUT2D eigenvalue weighted by Crippen LogP contribution is 2.26. The largest absolute Gasteiger partial charge is 0.298 e. The van der Waals surface area contributed by atoms with Gasteiger partial charge in [-0.2, -0.15) is 0 Å². The number of amides is 1. The summed E-state index contributed by atoms with van der Waals surface area (Å²) in [6.45, 7) is 1.79. The Balaban J connectivity index is 1.93. The van der Waals surface area contributed by atoms with Crippen LogP contribution in [0.3, 0.4) is 0 Å².